The van der Waals surface area contributed by atoms with Crippen molar-refractivity contribution in [2.45, 2.75) is 24.5 Å². The maximum Gasteiger partial charge on any atom is 0.142 e. The van der Waals surface area contributed by atoms with Gasteiger partial charge in [-0.3, -0.25) is 0 Å². The second-order valence-electron chi connectivity index (χ2n) is 4.61. The lowest BCUT2D eigenvalue weighted by Gasteiger charge is -2.04. The van der Waals surface area contributed by atoms with Gasteiger partial charge in [0.05, 0.1) is 11.1 Å². The van der Waals surface area contributed by atoms with Crippen molar-refractivity contribution in [3.63, 3.8) is 0 Å². The zero-order chi connectivity index (χ0) is 15.0. The van der Waals surface area contributed by atoms with E-state index in [0.29, 0.717) is 10.9 Å². The Kier molecular flexibility index (Phi) is 4.54. The van der Waals surface area contributed by atoms with E-state index in [1.807, 2.05) is 18.2 Å². The Morgan fingerprint density at radius 1 is 1.24 bits per heavy atom. The minimum atomic E-state index is 0.560. The third kappa shape index (κ3) is 3.11. The highest BCUT2D eigenvalue weighted by atomic mass is 79.9. The fourth-order valence-corrected chi connectivity index (χ4v) is 4.87. The molecule has 0 aliphatic rings. The van der Waals surface area contributed by atoms with Crippen molar-refractivity contribution in [1.82, 2.24) is 9.97 Å². The molecule has 0 aliphatic carbocycles. The van der Waals surface area contributed by atoms with Crippen molar-refractivity contribution in [1.29, 1.82) is 0 Å². The second kappa shape index (κ2) is 6.24. The molecule has 0 unspecified atom stereocenters. The number of thioether (sulfide) groups is 1. The Morgan fingerprint density at radius 3 is 2.76 bits per heavy atom. The van der Waals surface area contributed by atoms with Crippen LogP contribution in [0.25, 0.3) is 10.2 Å². The highest BCUT2D eigenvalue weighted by Gasteiger charge is 2.13. The van der Waals surface area contributed by atoms with Gasteiger partial charge in [-0.1, -0.05) is 23.7 Å². The van der Waals surface area contributed by atoms with Crippen LogP contribution in [0.1, 0.15) is 16.3 Å². The molecule has 0 radical (unpaired) electrons. The number of halogens is 2. The molecule has 2 heterocycles. The van der Waals surface area contributed by atoms with E-state index in [0.717, 1.165) is 20.5 Å². The molecule has 0 atom stereocenters. The normalized spacial score (nSPS) is 11.2. The van der Waals surface area contributed by atoms with E-state index in [1.54, 1.807) is 23.1 Å². The first kappa shape index (κ1) is 15.3. The van der Waals surface area contributed by atoms with Crippen LogP contribution in [0.3, 0.4) is 0 Å². The van der Waals surface area contributed by atoms with Crippen LogP contribution in [-0.4, -0.2) is 9.97 Å². The Balaban J connectivity index is 1.90. The first-order valence-corrected chi connectivity index (χ1v) is 9.33. The minimum Gasteiger partial charge on any atom is -0.221 e. The van der Waals surface area contributed by atoms with Gasteiger partial charge in [0.1, 0.15) is 15.8 Å². The number of aryl methyl sites for hydroxylation is 2. The molecular weight excluding hydrogens is 388 g/mol. The molecule has 2 nitrogen and oxygen atoms in total. The van der Waals surface area contributed by atoms with Gasteiger partial charge < -0.3 is 0 Å². The lowest BCUT2D eigenvalue weighted by atomic mass is 10.2. The lowest BCUT2D eigenvalue weighted by molar-refractivity contribution is 1.07. The van der Waals surface area contributed by atoms with E-state index in [9.17, 15) is 0 Å². The molecule has 0 spiro atoms. The molecule has 0 aliphatic heterocycles. The maximum absolute atomic E-state index is 6.33. The van der Waals surface area contributed by atoms with Gasteiger partial charge in [0.2, 0.25) is 0 Å². The molecule has 0 amide bonds. The van der Waals surface area contributed by atoms with Crippen LogP contribution < -0.4 is 0 Å². The second-order valence-corrected chi connectivity index (χ2v) is 8.05. The molecule has 0 saturated heterocycles. The van der Waals surface area contributed by atoms with Crippen LogP contribution in [0.2, 0.25) is 5.15 Å². The number of aromatic nitrogens is 2. The molecule has 108 valence electrons. The number of benzene rings is 1. The van der Waals surface area contributed by atoms with Crippen LogP contribution >= 0.6 is 50.6 Å². The largest absolute Gasteiger partial charge is 0.221 e. The van der Waals surface area contributed by atoms with Crippen LogP contribution in [0, 0.1) is 13.8 Å². The molecule has 1 aromatic carbocycles. The average molecular weight is 400 g/mol. The molecule has 0 N–H and O–H groups in total. The molecule has 3 aromatic rings. The van der Waals surface area contributed by atoms with Crippen molar-refractivity contribution in [3.8, 4) is 0 Å². The fourth-order valence-electron chi connectivity index (χ4n) is 2.01. The van der Waals surface area contributed by atoms with Crippen LogP contribution in [-0.2, 0) is 5.75 Å². The van der Waals surface area contributed by atoms with Gasteiger partial charge in [-0.25, -0.2) is 9.97 Å². The summed E-state index contributed by atoms with van der Waals surface area (Å²) in [6.45, 7) is 4.16. The summed E-state index contributed by atoms with van der Waals surface area (Å²) in [6, 6.07) is 8.14. The fraction of sp³-hybridized carbons (Fsp3) is 0.200. The minimum absolute atomic E-state index is 0.560. The van der Waals surface area contributed by atoms with Gasteiger partial charge in [0.25, 0.3) is 0 Å². The van der Waals surface area contributed by atoms with Crippen LogP contribution in [0.5, 0.6) is 0 Å². The van der Waals surface area contributed by atoms with E-state index >= 15 is 0 Å². The van der Waals surface area contributed by atoms with Crippen LogP contribution in [0.15, 0.2) is 33.6 Å². The Morgan fingerprint density at radius 2 is 2.00 bits per heavy atom. The number of thiophene rings is 1. The van der Waals surface area contributed by atoms with Gasteiger partial charge in [0, 0.05) is 14.2 Å². The summed E-state index contributed by atoms with van der Waals surface area (Å²) < 4.78 is 1.09. The smallest absolute Gasteiger partial charge is 0.142 e. The molecule has 0 bridgehead atoms. The van der Waals surface area contributed by atoms with Crippen molar-refractivity contribution in [2.24, 2.45) is 0 Å². The third-order valence-electron chi connectivity index (χ3n) is 3.22. The quantitative estimate of drug-likeness (QED) is 0.398. The summed E-state index contributed by atoms with van der Waals surface area (Å²) >= 11 is 13.3. The summed E-state index contributed by atoms with van der Waals surface area (Å²) in [5.41, 5.74) is 1.19. The van der Waals surface area contributed by atoms with Gasteiger partial charge >= 0.3 is 0 Å². The summed E-state index contributed by atoms with van der Waals surface area (Å²) in [6.07, 6.45) is 0. The molecule has 0 saturated carbocycles. The lowest BCUT2D eigenvalue weighted by Crippen LogP contribution is -1.93. The molecule has 3 rings (SSSR count). The molecule has 6 heteroatoms. The van der Waals surface area contributed by atoms with Gasteiger partial charge in [-0.15, -0.1) is 23.1 Å². The Bertz CT molecular complexity index is 817. The molecule has 21 heavy (non-hydrogen) atoms. The van der Waals surface area contributed by atoms with E-state index in [1.165, 1.54) is 15.3 Å². The van der Waals surface area contributed by atoms with Gasteiger partial charge in [0.15, 0.2) is 0 Å². The predicted molar refractivity (Wildman–Crippen MR) is 95.6 cm³/mol. The Labute approximate surface area is 145 Å². The molecule has 2 aromatic heterocycles. The first-order valence-electron chi connectivity index (χ1n) is 6.35. The van der Waals surface area contributed by atoms with Gasteiger partial charge in [-0.05, 0) is 47.5 Å². The van der Waals surface area contributed by atoms with Crippen LogP contribution in [0.4, 0.5) is 0 Å². The van der Waals surface area contributed by atoms with E-state index in [2.05, 4.69) is 45.8 Å². The predicted octanol–water partition coefficient (Wildman–Crippen LogP) is 6.02. The number of hydrogen-bond acceptors (Lipinski definition) is 4. The summed E-state index contributed by atoms with van der Waals surface area (Å²) in [5, 5.41) is 1.55. The van der Waals surface area contributed by atoms with E-state index in [4.69, 9.17) is 11.6 Å². The SMILES string of the molecule is Cc1sc2nc(CSc3ccccc3Br)nc(Cl)c2c1C. The first-order chi connectivity index (χ1) is 10.1. The molecular formula is C15H12BrClN2S2. The maximum atomic E-state index is 6.33. The topological polar surface area (TPSA) is 25.8 Å². The number of hydrogen-bond donors (Lipinski definition) is 0. The summed E-state index contributed by atoms with van der Waals surface area (Å²) in [4.78, 5) is 12.5. The van der Waals surface area contributed by atoms with Crippen molar-refractivity contribution in [2.75, 3.05) is 0 Å². The van der Waals surface area contributed by atoms with Gasteiger partial charge in [-0.2, -0.15) is 0 Å². The average Bonchev–Trinajstić information content (AvgIpc) is 2.73. The third-order valence-corrected chi connectivity index (χ3v) is 6.62. The Hall–Kier alpha value is -0.620. The standard InChI is InChI=1S/C15H12BrClN2S2/c1-8-9(2)21-15-13(8)14(17)18-12(19-15)7-20-11-6-4-3-5-10(11)16/h3-6H,7H2,1-2H3. The number of fused-ring (bicyclic) bond motifs is 1. The summed E-state index contributed by atoms with van der Waals surface area (Å²) in [5.74, 6) is 1.48. The van der Waals surface area contributed by atoms with Crippen molar-refractivity contribution < 1.29 is 0 Å². The highest BCUT2D eigenvalue weighted by molar-refractivity contribution is 9.10. The van der Waals surface area contributed by atoms with Crippen molar-refractivity contribution in [3.05, 3.63) is 50.2 Å². The molecule has 0 fully saturated rings. The monoisotopic (exact) mass is 398 g/mol. The summed E-state index contributed by atoms with van der Waals surface area (Å²) in [7, 11) is 0. The van der Waals surface area contributed by atoms with Crippen molar-refractivity contribution >= 4 is 60.8 Å². The zero-order valence-electron chi connectivity index (χ0n) is 11.5. The van der Waals surface area contributed by atoms with E-state index < -0.39 is 0 Å². The number of nitrogens with zero attached hydrogens (tertiary/aromatic N) is 2. The zero-order valence-corrected chi connectivity index (χ0v) is 15.5. The number of rotatable bonds is 3. The highest BCUT2D eigenvalue weighted by Crippen LogP contribution is 2.34. The van der Waals surface area contributed by atoms with E-state index in [-0.39, 0.29) is 0 Å².